The third kappa shape index (κ3) is 4.85. The highest BCUT2D eigenvalue weighted by molar-refractivity contribution is 7.89. The summed E-state index contributed by atoms with van der Waals surface area (Å²) in [4.78, 5) is 11.8. The third-order valence-corrected chi connectivity index (χ3v) is 4.98. The number of sulfonamides is 1. The molecule has 0 fully saturated rings. The summed E-state index contributed by atoms with van der Waals surface area (Å²) in [7, 11) is -4.02. The lowest BCUT2D eigenvalue weighted by Crippen LogP contribution is -2.30. The third-order valence-electron chi connectivity index (χ3n) is 3.30. The summed E-state index contributed by atoms with van der Waals surface area (Å²) in [5.74, 6) is 0.220. The number of amides is 1. The minimum Gasteiger partial charge on any atom is -0.352 e. The molecule has 21 heavy (non-hydrogen) atoms. The smallest absolute Gasteiger partial charge is 0.252 e. The van der Waals surface area contributed by atoms with Gasteiger partial charge in [-0.25, -0.2) is 13.6 Å². The van der Waals surface area contributed by atoms with Crippen molar-refractivity contribution in [2.75, 3.05) is 6.54 Å². The summed E-state index contributed by atoms with van der Waals surface area (Å²) >= 11 is 11.7. The second-order valence-electron chi connectivity index (χ2n) is 5.24. The van der Waals surface area contributed by atoms with E-state index in [1.165, 1.54) is 6.07 Å². The Morgan fingerprint density at radius 3 is 2.29 bits per heavy atom. The second kappa shape index (κ2) is 6.96. The van der Waals surface area contributed by atoms with Crippen LogP contribution in [0.4, 0.5) is 0 Å². The molecule has 0 saturated heterocycles. The minimum atomic E-state index is -4.02. The van der Waals surface area contributed by atoms with Crippen molar-refractivity contribution in [3.63, 3.8) is 0 Å². The van der Waals surface area contributed by atoms with Crippen LogP contribution in [0.15, 0.2) is 17.0 Å². The molecule has 1 amide bonds. The van der Waals surface area contributed by atoms with E-state index in [4.69, 9.17) is 28.3 Å². The topological polar surface area (TPSA) is 89.3 Å². The molecule has 0 radical (unpaired) electrons. The maximum absolute atomic E-state index is 12.1. The van der Waals surface area contributed by atoms with E-state index in [0.29, 0.717) is 12.5 Å². The van der Waals surface area contributed by atoms with Crippen molar-refractivity contribution in [3.8, 4) is 0 Å². The standard InChI is InChI=1S/C13H18Cl2N2O3S/c1-7(2)8(3)6-17-13(18)9-4-12(21(16,19)20)11(15)5-10(9)14/h4-5,7-8H,6H2,1-3H3,(H,17,18)(H2,16,19,20). The molecule has 0 bridgehead atoms. The number of benzene rings is 1. The number of rotatable bonds is 5. The molecule has 0 saturated carbocycles. The summed E-state index contributed by atoms with van der Waals surface area (Å²) in [6, 6.07) is 2.29. The number of hydrogen-bond donors (Lipinski definition) is 2. The Bertz CT molecular complexity index is 645. The molecule has 0 aliphatic rings. The summed E-state index contributed by atoms with van der Waals surface area (Å²) in [6.45, 7) is 6.56. The summed E-state index contributed by atoms with van der Waals surface area (Å²) in [6.07, 6.45) is 0. The van der Waals surface area contributed by atoms with Crippen LogP contribution in [0.25, 0.3) is 0 Å². The van der Waals surface area contributed by atoms with Crippen LogP contribution in [0.2, 0.25) is 10.0 Å². The average Bonchev–Trinajstić information content (AvgIpc) is 2.33. The molecule has 8 heteroatoms. The first kappa shape index (κ1) is 18.2. The maximum atomic E-state index is 12.1. The molecule has 1 unspecified atom stereocenters. The van der Waals surface area contributed by atoms with Gasteiger partial charge in [0.15, 0.2) is 0 Å². The van der Waals surface area contributed by atoms with E-state index in [1.54, 1.807) is 0 Å². The zero-order chi connectivity index (χ0) is 16.4. The van der Waals surface area contributed by atoms with Crippen LogP contribution in [-0.4, -0.2) is 20.9 Å². The van der Waals surface area contributed by atoms with E-state index in [0.717, 1.165) is 6.07 Å². The van der Waals surface area contributed by atoms with Crippen LogP contribution in [0, 0.1) is 11.8 Å². The first-order chi connectivity index (χ1) is 9.54. The van der Waals surface area contributed by atoms with Gasteiger partial charge in [-0.3, -0.25) is 4.79 Å². The number of nitrogens with two attached hydrogens (primary N) is 1. The lowest BCUT2D eigenvalue weighted by atomic mass is 9.98. The van der Waals surface area contributed by atoms with E-state index in [-0.39, 0.29) is 26.4 Å². The number of carbonyl (C=O) groups is 1. The van der Waals surface area contributed by atoms with Crippen molar-refractivity contribution >= 4 is 39.1 Å². The van der Waals surface area contributed by atoms with Crippen LogP contribution in [0.3, 0.4) is 0 Å². The van der Waals surface area contributed by atoms with Crippen LogP contribution < -0.4 is 10.5 Å². The zero-order valence-corrected chi connectivity index (χ0v) is 14.3. The molecule has 1 aromatic rings. The lowest BCUT2D eigenvalue weighted by molar-refractivity contribution is 0.0945. The zero-order valence-electron chi connectivity index (χ0n) is 12.0. The second-order valence-corrected chi connectivity index (χ2v) is 7.58. The average molecular weight is 353 g/mol. The van der Waals surface area contributed by atoms with Crippen molar-refractivity contribution in [1.29, 1.82) is 0 Å². The normalized spacial score (nSPS) is 13.3. The van der Waals surface area contributed by atoms with Gasteiger partial charge in [0.1, 0.15) is 4.90 Å². The summed E-state index contributed by atoms with van der Waals surface area (Å²) in [5, 5.41) is 7.72. The highest BCUT2D eigenvalue weighted by Crippen LogP contribution is 2.28. The lowest BCUT2D eigenvalue weighted by Gasteiger charge is -2.16. The van der Waals surface area contributed by atoms with Crippen LogP contribution in [0.1, 0.15) is 31.1 Å². The fourth-order valence-electron chi connectivity index (χ4n) is 1.51. The van der Waals surface area contributed by atoms with Gasteiger partial charge in [-0.1, -0.05) is 44.0 Å². The molecule has 1 aromatic carbocycles. The van der Waals surface area contributed by atoms with E-state index in [1.807, 2.05) is 20.8 Å². The number of primary sulfonamides is 1. The minimum absolute atomic E-state index is 0.0287. The number of hydrogen-bond acceptors (Lipinski definition) is 3. The van der Waals surface area contributed by atoms with Crippen molar-refractivity contribution in [3.05, 3.63) is 27.7 Å². The van der Waals surface area contributed by atoms with Gasteiger partial charge in [0.05, 0.1) is 15.6 Å². The summed E-state index contributed by atoms with van der Waals surface area (Å²) < 4.78 is 22.8. The molecule has 3 N–H and O–H groups in total. The van der Waals surface area contributed by atoms with E-state index < -0.39 is 15.9 Å². The van der Waals surface area contributed by atoms with Gasteiger partial charge >= 0.3 is 0 Å². The molecule has 0 heterocycles. The van der Waals surface area contributed by atoms with Gasteiger partial charge in [-0.15, -0.1) is 0 Å². The van der Waals surface area contributed by atoms with Gasteiger partial charge in [0.2, 0.25) is 10.0 Å². The number of nitrogens with one attached hydrogen (secondary N) is 1. The maximum Gasteiger partial charge on any atom is 0.252 e. The van der Waals surface area contributed by atoms with Crippen molar-refractivity contribution < 1.29 is 13.2 Å². The van der Waals surface area contributed by atoms with Crippen molar-refractivity contribution in [1.82, 2.24) is 5.32 Å². The number of halogens is 2. The van der Waals surface area contributed by atoms with Crippen LogP contribution >= 0.6 is 23.2 Å². The Kier molecular flexibility index (Phi) is 6.04. The molecule has 118 valence electrons. The Morgan fingerprint density at radius 1 is 1.24 bits per heavy atom. The molecule has 0 aliphatic heterocycles. The van der Waals surface area contributed by atoms with Gasteiger partial charge in [0, 0.05) is 6.54 Å². The Hall–Kier alpha value is -0.820. The molecule has 0 aromatic heterocycles. The van der Waals surface area contributed by atoms with Gasteiger partial charge in [-0.2, -0.15) is 0 Å². The monoisotopic (exact) mass is 352 g/mol. The fraction of sp³-hybridized carbons (Fsp3) is 0.462. The number of carbonyl (C=O) groups excluding carboxylic acids is 1. The Morgan fingerprint density at radius 2 is 1.81 bits per heavy atom. The first-order valence-corrected chi connectivity index (χ1v) is 8.64. The fourth-order valence-corrected chi connectivity index (χ4v) is 2.91. The Balaban J connectivity index is 3.05. The van der Waals surface area contributed by atoms with Gasteiger partial charge in [0.25, 0.3) is 5.91 Å². The predicted octanol–water partition coefficient (Wildman–Crippen LogP) is 2.66. The van der Waals surface area contributed by atoms with Crippen LogP contribution in [-0.2, 0) is 10.0 Å². The summed E-state index contributed by atoms with van der Waals surface area (Å²) in [5.41, 5.74) is 0.0287. The van der Waals surface area contributed by atoms with Gasteiger partial charge in [-0.05, 0) is 24.0 Å². The molecule has 1 atom stereocenters. The van der Waals surface area contributed by atoms with Crippen LogP contribution in [0.5, 0.6) is 0 Å². The largest absolute Gasteiger partial charge is 0.352 e. The molecular weight excluding hydrogens is 335 g/mol. The molecule has 0 spiro atoms. The molecular formula is C13H18Cl2N2O3S. The highest BCUT2D eigenvalue weighted by Gasteiger charge is 2.20. The quantitative estimate of drug-likeness (QED) is 0.853. The highest BCUT2D eigenvalue weighted by atomic mass is 35.5. The Labute approximate surface area is 134 Å². The molecule has 5 nitrogen and oxygen atoms in total. The predicted molar refractivity (Wildman–Crippen MR) is 84.2 cm³/mol. The molecule has 0 aliphatic carbocycles. The van der Waals surface area contributed by atoms with E-state index in [2.05, 4.69) is 5.32 Å². The SMILES string of the molecule is CC(C)C(C)CNC(=O)c1cc(S(N)(=O)=O)c(Cl)cc1Cl. The van der Waals surface area contributed by atoms with E-state index >= 15 is 0 Å². The van der Waals surface area contributed by atoms with E-state index in [9.17, 15) is 13.2 Å². The van der Waals surface area contributed by atoms with Gasteiger partial charge < -0.3 is 5.32 Å². The van der Waals surface area contributed by atoms with Crippen molar-refractivity contribution in [2.45, 2.75) is 25.7 Å². The first-order valence-electron chi connectivity index (χ1n) is 6.34. The van der Waals surface area contributed by atoms with Crippen molar-refractivity contribution in [2.24, 2.45) is 17.0 Å². The molecule has 1 rings (SSSR count).